The SMILES string of the molecule is COC(=O)CCN1CCN(C(=O)Cn2cc(C)cn2)CC1. The third-order valence-corrected chi connectivity index (χ3v) is 3.64. The number of amides is 1. The van der Waals surface area contributed by atoms with Crippen LogP contribution in [0.2, 0.25) is 0 Å². The maximum atomic E-state index is 12.2. The number of aryl methyl sites for hydroxylation is 1. The van der Waals surface area contributed by atoms with Gasteiger partial charge in [-0.1, -0.05) is 0 Å². The quantitative estimate of drug-likeness (QED) is 0.709. The van der Waals surface area contributed by atoms with Gasteiger partial charge in [0.1, 0.15) is 6.54 Å². The van der Waals surface area contributed by atoms with Gasteiger partial charge in [0.05, 0.1) is 19.7 Å². The summed E-state index contributed by atoms with van der Waals surface area (Å²) in [7, 11) is 1.40. The van der Waals surface area contributed by atoms with Gasteiger partial charge in [-0.3, -0.25) is 19.2 Å². The van der Waals surface area contributed by atoms with Gasteiger partial charge in [0.15, 0.2) is 0 Å². The van der Waals surface area contributed by atoms with Crippen LogP contribution in [0.5, 0.6) is 0 Å². The molecule has 0 aromatic carbocycles. The van der Waals surface area contributed by atoms with E-state index in [9.17, 15) is 9.59 Å². The second kappa shape index (κ2) is 7.21. The summed E-state index contributed by atoms with van der Waals surface area (Å²) in [5, 5.41) is 4.13. The lowest BCUT2D eigenvalue weighted by Crippen LogP contribution is -2.49. The van der Waals surface area contributed by atoms with Crippen LogP contribution in [0.15, 0.2) is 12.4 Å². The van der Waals surface area contributed by atoms with Crippen LogP contribution in [0.4, 0.5) is 0 Å². The number of esters is 1. The van der Waals surface area contributed by atoms with Crippen molar-refractivity contribution < 1.29 is 14.3 Å². The molecule has 1 fully saturated rings. The third-order valence-electron chi connectivity index (χ3n) is 3.64. The summed E-state index contributed by atoms with van der Waals surface area (Å²) in [5.41, 5.74) is 1.05. The summed E-state index contributed by atoms with van der Waals surface area (Å²) in [5.74, 6) is -0.103. The molecule has 0 atom stereocenters. The number of rotatable bonds is 5. The van der Waals surface area contributed by atoms with Gasteiger partial charge >= 0.3 is 5.97 Å². The molecule has 0 unspecified atom stereocenters. The van der Waals surface area contributed by atoms with E-state index in [1.807, 2.05) is 18.0 Å². The van der Waals surface area contributed by atoms with Crippen LogP contribution in [0.25, 0.3) is 0 Å². The smallest absolute Gasteiger partial charge is 0.306 e. The summed E-state index contributed by atoms with van der Waals surface area (Å²) in [6.07, 6.45) is 4.01. The molecule has 2 rings (SSSR count). The first-order chi connectivity index (χ1) is 10.1. The molecule has 1 aromatic rings. The lowest BCUT2D eigenvalue weighted by Gasteiger charge is -2.34. The standard InChI is InChI=1S/C14H22N4O3/c1-12-9-15-18(10-12)11-13(19)17-7-5-16(6-8-17)4-3-14(20)21-2/h9-10H,3-8,11H2,1-2H3. The molecule has 1 amide bonds. The number of piperazine rings is 1. The van der Waals surface area contributed by atoms with Crippen molar-refractivity contribution in [3.05, 3.63) is 18.0 Å². The monoisotopic (exact) mass is 294 g/mol. The van der Waals surface area contributed by atoms with Crippen LogP contribution in [-0.2, 0) is 20.9 Å². The van der Waals surface area contributed by atoms with Crippen molar-refractivity contribution in [2.45, 2.75) is 19.9 Å². The highest BCUT2D eigenvalue weighted by molar-refractivity contribution is 5.76. The molecule has 0 radical (unpaired) electrons. The number of hydrogen-bond acceptors (Lipinski definition) is 5. The molecular formula is C14H22N4O3. The number of carbonyl (C=O) groups excluding carboxylic acids is 2. The summed E-state index contributed by atoms with van der Waals surface area (Å²) in [6, 6.07) is 0. The molecule has 1 aliphatic heterocycles. The Bertz CT molecular complexity index is 492. The topological polar surface area (TPSA) is 67.7 Å². The predicted octanol–water partition coefficient (Wildman–Crippen LogP) is -0.101. The lowest BCUT2D eigenvalue weighted by atomic mass is 10.3. The van der Waals surface area contributed by atoms with E-state index < -0.39 is 0 Å². The summed E-state index contributed by atoms with van der Waals surface area (Å²) >= 11 is 0. The zero-order chi connectivity index (χ0) is 15.2. The van der Waals surface area contributed by atoms with E-state index in [4.69, 9.17) is 0 Å². The second-order valence-corrected chi connectivity index (χ2v) is 5.26. The number of ether oxygens (including phenoxy) is 1. The molecule has 0 N–H and O–H groups in total. The van der Waals surface area contributed by atoms with Crippen LogP contribution in [0, 0.1) is 6.92 Å². The molecule has 1 aromatic heterocycles. The fourth-order valence-corrected chi connectivity index (χ4v) is 2.36. The average molecular weight is 294 g/mol. The van der Waals surface area contributed by atoms with E-state index in [2.05, 4.69) is 14.7 Å². The van der Waals surface area contributed by atoms with Crippen molar-refractivity contribution in [3.8, 4) is 0 Å². The molecule has 2 heterocycles. The Balaban J connectivity index is 1.73. The van der Waals surface area contributed by atoms with Crippen LogP contribution >= 0.6 is 0 Å². The van der Waals surface area contributed by atoms with Gasteiger partial charge in [0.2, 0.25) is 5.91 Å². The van der Waals surface area contributed by atoms with Gasteiger partial charge in [0.25, 0.3) is 0 Å². The fraction of sp³-hybridized carbons (Fsp3) is 0.643. The maximum absolute atomic E-state index is 12.2. The van der Waals surface area contributed by atoms with Gasteiger partial charge in [-0.2, -0.15) is 5.10 Å². The van der Waals surface area contributed by atoms with Crippen molar-refractivity contribution >= 4 is 11.9 Å². The number of carbonyl (C=O) groups is 2. The Morgan fingerprint density at radius 1 is 1.29 bits per heavy atom. The van der Waals surface area contributed by atoms with Gasteiger partial charge in [-0.15, -0.1) is 0 Å². The lowest BCUT2D eigenvalue weighted by molar-refractivity contribution is -0.141. The first kappa shape index (κ1) is 15.5. The zero-order valence-corrected chi connectivity index (χ0v) is 12.6. The van der Waals surface area contributed by atoms with Gasteiger partial charge in [-0.05, 0) is 12.5 Å². The zero-order valence-electron chi connectivity index (χ0n) is 12.6. The Morgan fingerprint density at radius 3 is 2.57 bits per heavy atom. The highest BCUT2D eigenvalue weighted by Crippen LogP contribution is 2.05. The number of nitrogens with zero attached hydrogens (tertiary/aromatic N) is 4. The molecule has 1 saturated heterocycles. The van der Waals surface area contributed by atoms with Crippen molar-refractivity contribution in [1.82, 2.24) is 19.6 Å². The normalized spacial score (nSPS) is 16.0. The summed E-state index contributed by atoms with van der Waals surface area (Å²) in [4.78, 5) is 27.3. The Hall–Kier alpha value is -1.89. The maximum Gasteiger partial charge on any atom is 0.306 e. The molecular weight excluding hydrogens is 272 g/mol. The number of aromatic nitrogens is 2. The molecule has 0 aliphatic carbocycles. The minimum atomic E-state index is -0.192. The largest absolute Gasteiger partial charge is 0.469 e. The predicted molar refractivity (Wildman–Crippen MR) is 76.6 cm³/mol. The number of hydrogen-bond donors (Lipinski definition) is 0. The van der Waals surface area contributed by atoms with E-state index in [0.29, 0.717) is 26.1 Å². The van der Waals surface area contributed by atoms with Crippen LogP contribution < -0.4 is 0 Å². The van der Waals surface area contributed by atoms with Crippen LogP contribution in [0.1, 0.15) is 12.0 Å². The second-order valence-electron chi connectivity index (χ2n) is 5.26. The molecule has 1 aliphatic rings. The van der Waals surface area contributed by atoms with Crippen molar-refractivity contribution in [2.75, 3.05) is 39.8 Å². The highest BCUT2D eigenvalue weighted by atomic mass is 16.5. The van der Waals surface area contributed by atoms with Crippen LogP contribution in [-0.4, -0.2) is 71.3 Å². The molecule has 7 nitrogen and oxygen atoms in total. The van der Waals surface area contributed by atoms with Crippen molar-refractivity contribution in [1.29, 1.82) is 0 Å². The van der Waals surface area contributed by atoms with E-state index in [1.165, 1.54) is 7.11 Å². The van der Waals surface area contributed by atoms with Gasteiger partial charge in [0, 0.05) is 38.9 Å². The van der Waals surface area contributed by atoms with E-state index in [1.54, 1.807) is 10.9 Å². The Morgan fingerprint density at radius 2 is 2.00 bits per heavy atom. The molecule has 21 heavy (non-hydrogen) atoms. The number of methoxy groups -OCH3 is 1. The van der Waals surface area contributed by atoms with Crippen LogP contribution in [0.3, 0.4) is 0 Å². The van der Waals surface area contributed by atoms with E-state index in [-0.39, 0.29) is 18.4 Å². The fourth-order valence-electron chi connectivity index (χ4n) is 2.36. The highest BCUT2D eigenvalue weighted by Gasteiger charge is 2.21. The Labute approximate surface area is 124 Å². The first-order valence-electron chi connectivity index (χ1n) is 7.14. The minimum absolute atomic E-state index is 0.0886. The average Bonchev–Trinajstić information content (AvgIpc) is 2.90. The molecule has 0 spiro atoms. The van der Waals surface area contributed by atoms with E-state index >= 15 is 0 Å². The van der Waals surface area contributed by atoms with E-state index in [0.717, 1.165) is 18.7 Å². The van der Waals surface area contributed by atoms with Gasteiger partial charge < -0.3 is 9.64 Å². The molecule has 0 bridgehead atoms. The first-order valence-corrected chi connectivity index (χ1v) is 7.14. The molecule has 7 heteroatoms. The third kappa shape index (κ3) is 4.56. The minimum Gasteiger partial charge on any atom is -0.469 e. The van der Waals surface area contributed by atoms with Crippen molar-refractivity contribution in [3.63, 3.8) is 0 Å². The molecule has 116 valence electrons. The summed E-state index contributed by atoms with van der Waals surface area (Å²) < 4.78 is 6.30. The van der Waals surface area contributed by atoms with Gasteiger partial charge in [-0.25, -0.2) is 0 Å². The molecule has 0 saturated carbocycles. The summed E-state index contributed by atoms with van der Waals surface area (Å²) in [6.45, 7) is 5.90. The Kier molecular flexibility index (Phi) is 5.32. The van der Waals surface area contributed by atoms with Crippen molar-refractivity contribution in [2.24, 2.45) is 0 Å².